The first-order valence-corrected chi connectivity index (χ1v) is 8.25. The van der Waals surface area contributed by atoms with Crippen LogP contribution < -0.4 is 14.8 Å². The maximum absolute atomic E-state index is 5.84. The van der Waals surface area contributed by atoms with Crippen LogP contribution in [0.1, 0.15) is 38.8 Å². The highest BCUT2D eigenvalue weighted by Gasteiger charge is 2.05. The third kappa shape index (κ3) is 5.95. The highest BCUT2D eigenvalue weighted by atomic mass is 16.5. The molecule has 0 fully saturated rings. The molecule has 1 N–H and O–H groups in total. The van der Waals surface area contributed by atoms with Crippen LogP contribution in [-0.2, 0) is 13.1 Å². The van der Waals surface area contributed by atoms with E-state index < -0.39 is 0 Å². The molecule has 23 heavy (non-hydrogen) atoms. The first-order valence-electron chi connectivity index (χ1n) is 8.25. The molecule has 0 spiro atoms. The largest absolute Gasteiger partial charge is 0.491 e. The summed E-state index contributed by atoms with van der Waals surface area (Å²) in [5.74, 6) is 1.87. The summed E-state index contributed by atoms with van der Waals surface area (Å²) < 4.78 is 11.5. The Morgan fingerprint density at radius 1 is 0.783 bits per heavy atom. The van der Waals surface area contributed by atoms with E-state index in [-0.39, 0.29) is 12.2 Å². The van der Waals surface area contributed by atoms with E-state index in [4.69, 9.17) is 9.47 Å². The second-order valence-electron chi connectivity index (χ2n) is 6.19. The van der Waals surface area contributed by atoms with Gasteiger partial charge >= 0.3 is 0 Å². The minimum atomic E-state index is 0.185. The quantitative estimate of drug-likeness (QED) is 0.775. The lowest BCUT2D eigenvalue weighted by molar-refractivity contribution is 0.239. The van der Waals surface area contributed by atoms with Gasteiger partial charge in [0.05, 0.1) is 12.2 Å². The molecule has 0 aliphatic rings. The van der Waals surface area contributed by atoms with Gasteiger partial charge in [-0.25, -0.2) is 0 Å². The van der Waals surface area contributed by atoms with E-state index in [1.807, 2.05) is 58.0 Å². The average molecular weight is 313 g/mol. The Kier molecular flexibility index (Phi) is 6.48. The summed E-state index contributed by atoms with van der Waals surface area (Å²) in [6.45, 7) is 9.76. The Bertz CT molecular complexity index is 591. The molecular formula is C20H27NO2. The number of ether oxygens (including phenoxy) is 2. The van der Waals surface area contributed by atoms with Crippen LogP contribution in [-0.4, -0.2) is 12.2 Å². The highest BCUT2D eigenvalue weighted by Crippen LogP contribution is 2.19. The van der Waals surface area contributed by atoms with Crippen molar-refractivity contribution < 1.29 is 9.47 Å². The smallest absolute Gasteiger partial charge is 0.124 e. The molecule has 0 unspecified atom stereocenters. The van der Waals surface area contributed by atoms with Crippen LogP contribution in [0.4, 0.5) is 0 Å². The first kappa shape index (κ1) is 17.4. The summed E-state index contributed by atoms with van der Waals surface area (Å²) in [6.07, 6.45) is 0.390. The number of hydrogen-bond donors (Lipinski definition) is 1. The predicted molar refractivity (Wildman–Crippen MR) is 95.0 cm³/mol. The Morgan fingerprint density at radius 2 is 1.43 bits per heavy atom. The Hall–Kier alpha value is -2.00. The molecule has 0 bridgehead atoms. The molecule has 2 aromatic rings. The summed E-state index contributed by atoms with van der Waals surface area (Å²) in [4.78, 5) is 0. The maximum atomic E-state index is 5.84. The SMILES string of the molecule is CC(C)Oc1ccc(CNCc2ccccc2OC(C)C)cc1. The lowest BCUT2D eigenvalue weighted by Gasteiger charge is -2.15. The van der Waals surface area contributed by atoms with E-state index >= 15 is 0 Å². The zero-order chi connectivity index (χ0) is 16.7. The summed E-state index contributed by atoms with van der Waals surface area (Å²) in [5, 5.41) is 3.47. The Labute approximate surface area is 139 Å². The summed E-state index contributed by atoms with van der Waals surface area (Å²) in [6, 6.07) is 16.4. The molecule has 3 nitrogen and oxygen atoms in total. The van der Waals surface area contributed by atoms with Gasteiger partial charge < -0.3 is 14.8 Å². The average Bonchev–Trinajstić information content (AvgIpc) is 2.50. The van der Waals surface area contributed by atoms with Gasteiger partial charge in [0, 0.05) is 18.7 Å². The molecule has 2 rings (SSSR count). The lowest BCUT2D eigenvalue weighted by atomic mass is 10.1. The van der Waals surface area contributed by atoms with Crippen molar-refractivity contribution in [1.29, 1.82) is 0 Å². The van der Waals surface area contributed by atoms with Crippen molar-refractivity contribution in [1.82, 2.24) is 5.32 Å². The maximum Gasteiger partial charge on any atom is 0.124 e. The summed E-state index contributed by atoms with van der Waals surface area (Å²) >= 11 is 0. The van der Waals surface area contributed by atoms with Gasteiger partial charge in [-0.2, -0.15) is 0 Å². The number of benzene rings is 2. The van der Waals surface area contributed by atoms with Crippen LogP contribution in [0.25, 0.3) is 0 Å². The molecule has 0 aromatic heterocycles. The highest BCUT2D eigenvalue weighted by molar-refractivity contribution is 5.33. The van der Waals surface area contributed by atoms with Gasteiger partial charge in [-0.3, -0.25) is 0 Å². The van der Waals surface area contributed by atoms with Gasteiger partial charge in [-0.15, -0.1) is 0 Å². The molecule has 0 saturated heterocycles. The normalized spacial score (nSPS) is 11.0. The van der Waals surface area contributed by atoms with Crippen molar-refractivity contribution in [3.05, 3.63) is 59.7 Å². The van der Waals surface area contributed by atoms with Gasteiger partial charge in [0.15, 0.2) is 0 Å². The van der Waals surface area contributed by atoms with Gasteiger partial charge in [0.1, 0.15) is 11.5 Å². The van der Waals surface area contributed by atoms with Gasteiger partial charge in [0.25, 0.3) is 0 Å². The predicted octanol–water partition coefficient (Wildman–Crippen LogP) is 4.55. The molecular weight excluding hydrogens is 286 g/mol. The number of rotatable bonds is 8. The number of para-hydroxylation sites is 1. The minimum absolute atomic E-state index is 0.185. The second-order valence-corrected chi connectivity index (χ2v) is 6.19. The molecule has 124 valence electrons. The lowest BCUT2D eigenvalue weighted by Crippen LogP contribution is -2.15. The van der Waals surface area contributed by atoms with Crippen molar-refractivity contribution >= 4 is 0 Å². The van der Waals surface area contributed by atoms with Crippen molar-refractivity contribution in [2.24, 2.45) is 0 Å². The van der Waals surface area contributed by atoms with Gasteiger partial charge in [-0.1, -0.05) is 30.3 Å². The molecule has 0 amide bonds. The van der Waals surface area contributed by atoms with E-state index in [2.05, 4.69) is 23.5 Å². The summed E-state index contributed by atoms with van der Waals surface area (Å²) in [5.41, 5.74) is 2.42. The number of nitrogens with one attached hydrogen (secondary N) is 1. The van der Waals surface area contributed by atoms with Crippen LogP contribution in [0.3, 0.4) is 0 Å². The van der Waals surface area contributed by atoms with Crippen molar-refractivity contribution in [2.45, 2.75) is 53.0 Å². The standard InChI is InChI=1S/C20H27NO2/c1-15(2)22-19-11-9-17(10-12-19)13-21-14-18-7-5-6-8-20(18)23-16(3)4/h5-12,15-16,21H,13-14H2,1-4H3. The van der Waals surface area contributed by atoms with Gasteiger partial charge in [-0.05, 0) is 51.5 Å². The fourth-order valence-corrected chi connectivity index (χ4v) is 2.32. The second kappa shape index (κ2) is 8.59. The fourth-order valence-electron chi connectivity index (χ4n) is 2.32. The van der Waals surface area contributed by atoms with E-state index in [0.29, 0.717) is 0 Å². The third-order valence-electron chi connectivity index (χ3n) is 3.27. The zero-order valence-electron chi connectivity index (χ0n) is 14.5. The third-order valence-corrected chi connectivity index (χ3v) is 3.27. The molecule has 0 aliphatic carbocycles. The van der Waals surface area contributed by atoms with Crippen molar-refractivity contribution in [3.63, 3.8) is 0 Å². The van der Waals surface area contributed by atoms with Gasteiger partial charge in [0.2, 0.25) is 0 Å². The molecule has 0 aliphatic heterocycles. The zero-order valence-corrected chi connectivity index (χ0v) is 14.5. The van der Waals surface area contributed by atoms with E-state index in [1.165, 1.54) is 11.1 Å². The molecule has 3 heteroatoms. The topological polar surface area (TPSA) is 30.5 Å². The van der Waals surface area contributed by atoms with Crippen LogP contribution in [0, 0.1) is 0 Å². The molecule has 0 atom stereocenters. The van der Waals surface area contributed by atoms with Crippen LogP contribution in [0.2, 0.25) is 0 Å². The van der Waals surface area contributed by atoms with Crippen LogP contribution in [0.15, 0.2) is 48.5 Å². The molecule has 2 aromatic carbocycles. The molecule has 0 saturated carbocycles. The Balaban J connectivity index is 1.87. The van der Waals surface area contributed by atoms with E-state index in [0.717, 1.165) is 24.6 Å². The molecule has 0 radical (unpaired) electrons. The van der Waals surface area contributed by atoms with Crippen molar-refractivity contribution in [2.75, 3.05) is 0 Å². The van der Waals surface area contributed by atoms with E-state index in [1.54, 1.807) is 0 Å². The van der Waals surface area contributed by atoms with Crippen molar-refractivity contribution in [3.8, 4) is 11.5 Å². The van der Waals surface area contributed by atoms with Crippen LogP contribution in [0.5, 0.6) is 11.5 Å². The fraction of sp³-hybridized carbons (Fsp3) is 0.400. The summed E-state index contributed by atoms with van der Waals surface area (Å²) in [7, 11) is 0. The number of hydrogen-bond acceptors (Lipinski definition) is 3. The van der Waals surface area contributed by atoms with E-state index in [9.17, 15) is 0 Å². The molecule has 0 heterocycles. The van der Waals surface area contributed by atoms with Crippen LogP contribution >= 0.6 is 0 Å². The Morgan fingerprint density at radius 3 is 2.09 bits per heavy atom. The first-order chi connectivity index (χ1) is 11.0. The minimum Gasteiger partial charge on any atom is -0.491 e. The monoisotopic (exact) mass is 313 g/mol.